The molecule has 1 aromatic heterocycles. The Hall–Kier alpha value is -1.29. The van der Waals surface area contributed by atoms with Crippen LogP contribution in [0.25, 0.3) is 0 Å². The molecule has 6 heteroatoms. The highest BCUT2D eigenvalue weighted by Gasteiger charge is 2.11. The molecule has 0 aliphatic rings. The predicted octanol–water partition coefficient (Wildman–Crippen LogP) is 4.69. The lowest BCUT2D eigenvalue weighted by Crippen LogP contribution is -2.13. The first-order chi connectivity index (χ1) is 9.51. The Morgan fingerprint density at radius 1 is 1.20 bits per heavy atom. The molecule has 0 fully saturated rings. The van der Waals surface area contributed by atoms with Crippen LogP contribution in [0.3, 0.4) is 0 Å². The van der Waals surface area contributed by atoms with Crippen molar-refractivity contribution in [3.63, 3.8) is 0 Å². The van der Waals surface area contributed by atoms with E-state index in [9.17, 15) is 4.79 Å². The van der Waals surface area contributed by atoms with Gasteiger partial charge >= 0.3 is 0 Å². The summed E-state index contributed by atoms with van der Waals surface area (Å²) in [6, 6.07) is 8.54. The van der Waals surface area contributed by atoms with Crippen LogP contribution >= 0.6 is 34.8 Å². The van der Waals surface area contributed by atoms with E-state index in [0.29, 0.717) is 33.0 Å². The van der Waals surface area contributed by atoms with Gasteiger partial charge in [0.15, 0.2) is 5.82 Å². The second-order valence-electron chi connectivity index (χ2n) is 4.17. The van der Waals surface area contributed by atoms with E-state index >= 15 is 0 Å². The summed E-state index contributed by atoms with van der Waals surface area (Å²) in [5.41, 5.74) is 2.05. The van der Waals surface area contributed by atoms with Crippen LogP contribution in [0.2, 0.25) is 10.0 Å². The van der Waals surface area contributed by atoms with Gasteiger partial charge in [-0.05, 0) is 30.7 Å². The molecular formula is C14H11Cl3N2O. The van der Waals surface area contributed by atoms with Crippen molar-refractivity contribution in [2.45, 2.75) is 12.8 Å². The van der Waals surface area contributed by atoms with Gasteiger partial charge in [-0.2, -0.15) is 0 Å². The molecule has 0 radical (unpaired) electrons. The zero-order valence-corrected chi connectivity index (χ0v) is 12.9. The average Bonchev–Trinajstić information content (AvgIpc) is 2.44. The summed E-state index contributed by atoms with van der Waals surface area (Å²) in [4.78, 5) is 16.2. The number of hydrogen-bond donors (Lipinski definition) is 1. The molecule has 2 aromatic rings. The summed E-state index contributed by atoms with van der Waals surface area (Å²) in [5.74, 6) is 0.410. The zero-order valence-electron chi connectivity index (χ0n) is 10.6. The third-order valence-electron chi connectivity index (χ3n) is 2.71. The van der Waals surface area contributed by atoms with Gasteiger partial charge in [0.1, 0.15) is 0 Å². The van der Waals surface area contributed by atoms with E-state index in [0.717, 1.165) is 5.56 Å². The molecule has 2 rings (SSSR count). The average molecular weight is 330 g/mol. The largest absolute Gasteiger partial charge is 0.305 e. The van der Waals surface area contributed by atoms with Gasteiger partial charge in [-0.1, -0.05) is 35.3 Å². The molecule has 0 aliphatic carbocycles. The van der Waals surface area contributed by atoms with Crippen LogP contribution < -0.4 is 5.32 Å². The van der Waals surface area contributed by atoms with Crippen molar-refractivity contribution in [3.05, 3.63) is 57.2 Å². The summed E-state index contributed by atoms with van der Waals surface area (Å²) in [7, 11) is 0. The van der Waals surface area contributed by atoms with Crippen molar-refractivity contribution in [1.82, 2.24) is 4.98 Å². The number of nitrogens with one attached hydrogen (secondary N) is 1. The number of carbonyl (C=O) groups excluding carboxylic acids is 1. The third-order valence-corrected chi connectivity index (χ3v) is 3.69. The first kappa shape index (κ1) is 15.1. The summed E-state index contributed by atoms with van der Waals surface area (Å²) in [6.07, 6.45) is 0. The van der Waals surface area contributed by atoms with E-state index in [1.54, 1.807) is 37.3 Å². The highest BCUT2D eigenvalue weighted by atomic mass is 35.5. The molecular weight excluding hydrogens is 319 g/mol. The van der Waals surface area contributed by atoms with Gasteiger partial charge in [0, 0.05) is 11.4 Å². The van der Waals surface area contributed by atoms with Crippen LogP contribution in [-0.2, 0) is 5.88 Å². The second-order valence-corrected chi connectivity index (χ2v) is 5.25. The maximum Gasteiger partial charge on any atom is 0.256 e. The van der Waals surface area contributed by atoms with Gasteiger partial charge in [-0.3, -0.25) is 4.79 Å². The van der Waals surface area contributed by atoms with Gasteiger partial charge in [0.25, 0.3) is 5.91 Å². The predicted molar refractivity (Wildman–Crippen MR) is 82.9 cm³/mol. The maximum absolute atomic E-state index is 12.1. The SMILES string of the molecule is Cc1nc(NC(=O)c2ccc(CCl)cc2)c(Cl)cc1Cl. The van der Waals surface area contributed by atoms with Crippen LogP contribution in [0, 0.1) is 6.92 Å². The van der Waals surface area contributed by atoms with E-state index < -0.39 is 0 Å². The first-order valence-electron chi connectivity index (χ1n) is 5.80. The quantitative estimate of drug-likeness (QED) is 0.830. The standard InChI is InChI=1S/C14H11Cl3N2O/c1-8-11(16)6-12(17)13(18-8)19-14(20)10-4-2-9(7-15)3-5-10/h2-6H,7H2,1H3,(H,18,19,20). The summed E-state index contributed by atoms with van der Waals surface area (Å²) < 4.78 is 0. The second kappa shape index (κ2) is 6.44. The zero-order chi connectivity index (χ0) is 14.7. The van der Waals surface area contributed by atoms with Crippen LogP contribution in [0.5, 0.6) is 0 Å². The number of pyridine rings is 1. The van der Waals surface area contributed by atoms with Crippen molar-refractivity contribution in [2.24, 2.45) is 0 Å². The number of rotatable bonds is 3. The Labute approximate surface area is 131 Å². The maximum atomic E-state index is 12.1. The van der Waals surface area contributed by atoms with Gasteiger partial charge in [-0.15, -0.1) is 11.6 Å². The molecule has 0 bridgehead atoms. The van der Waals surface area contributed by atoms with E-state index in [-0.39, 0.29) is 5.91 Å². The van der Waals surface area contributed by atoms with Crippen molar-refractivity contribution in [1.29, 1.82) is 0 Å². The Bertz CT molecular complexity index is 642. The molecule has 3 nitrogen and oxygen atoms in total. The summed E-state index contributed by atoms with van der Waals surface area (Å²) in [6.45, 7) is 1.74. The molecule has 0 aliphatic heterocycles. The molecule has 1 heterocycles. The number of amides is 1. The van der Waals surface area contributed by atoms with Crippen molar-refractivity contribution in [2.75, 3.05) is 5.32 Å². The normalized spacial score (nSPS) is 10.4. The summed E-state index contributed by atoms with van der Waals surface area (Å²) in [5, 5.41) is 3.41. The lowest BCUT2D eigenvalue weighted by atomic mass is 10.1. The van der Waals surface area contributed by atoms with Crippen molar-refractivity contribution in [3.8, 4) is 0 Å². The number of benzene rings is 1. The topological polar surface area (TPSA) is 42.0 Å². The molecule has 1 amide bonds. The van der Waals surface area contributed by atoms with Gasteiger partial charge in [0.2, 0.25) is 0 Å². The molecule has 1 aromatic carbocycles. The minimum absolute atomic E-state index is 0.290. The number of aromatic nitrogens is 1. The highest BCUT2D eigenvalue weighted by molar-refractivity contribution is 6.36. The van der Waals surface area contributed by atoms with Gasteiger partial charge in [0.05, 0.1) is 15.7 Å². The van der Waals surface area contributed by atoms with Crippen LogP contribution in [0.15, 0.2) is 30.3 Å². The first-order valence-corrected chi connectivity index (χ1v) is 7.09. The molecule has 1 N–H and O–H groups in total. The van der Waals surface area contributed by atoms with E-state index in [1.807, 2.05) is 0 Å². The molecule has 0 unspecified atom stereocenters. The van der Waals surface area contributed by atoms with Crippen LogP contribution in [-0.4, -0.2) is 10.9 Å². The van der Waals surface area contributed by atoms with Crippen LogP contribution in [0.1, 0.15) is 21.6 Å². The fraction of sp³-hybridized carbons (Fsp3) is 0.143. The van der Waals surface area contributed by atoms with E-state index in [4.69, 9.17) is 34.8 Å². The van der Waals surface area contributed by atoms with Gasteiger partial charge < -0.3 is 5.32 Å². The Kier molecular flexibility index (Phi) is 4.86. The lowest BCUT2D eigenvalue weighted by molar-refractivity contribution is 0.102. The third kappa shape index (κ3) is 3.42. The summed E-state index contributed by atoms with van der Waals surface area (Å²) >= 11 is 17.6. The highest BCUT2D eigenvalue weighted by Crippen LogP contribution is 2.25. The van der Waals surface area contributed by atoms with E-state index in [2.05, 4.69) is 10.3 Å². The van der Waals surface area contributed by atoms with Crippen molar-refractivity contribution < 1.29 is 4.79 Å². The van der Waals surface area contributed by atoms with E-state index in [1.165, 1.54) is 0 Å². The number of anilines is 1. The minimum atomic E-state index is -0.290. The Balaban J connectivity index is 2.20. The van der Waals surface area contributed by atoms with Crippen LogP contribution in [0.4, 0.5) is 5.82 Å². The smallest absolute Gasteiger partial charge is 0.256 e. The number of alkyl halides is 1. The minimum Gasteiger partial charge on any atom is -0.305 e. The lowest BCUT2D eigenvalue weighted by Gasteiger charge is -2.08. The molecule has 20 heavy (non-hydrogen) atoms. The molecule has 0 saturated carbocycles. The fourth-order valence-corrected chi connectivity index (χ4v) is 2.16. The Morgan fingerprint density at radius 2 is 1.85 bits per heavy atom. The van der Waals surface area contributed by atoms with Crippen molar-refractivity contribution >= 4 is 46.5 Å². The number of nitrogens with zero attached hydrogens (tertiary/aromatic N) is 1. The number of aryl methyl sites for hydroxylation is 1. The fourth-order valence-electron chi connectivity index (χ4n) is 1.57. The number of carbonyl (C=O) groups is 1. The Morgan fingerprint density at radius 3 is 2.45 bits per heavy atom. The number of hydrogen-bond acceptors (Lipinski definition) is 2. The molecule has 0 saturated heterocycles. The van der Waals surface area contributed by atoms with Gasteiger partial charge in [-0.25, -0.2) is 4.98 Å². The monoisotopic (exact) mass is 328 g/mol. The number of halogens is 3. The molecule has 0 atom stereocenters. The molecule has 104 valence electrons. The molecule has 0 spiro atoms.